The number of carbonyl (C=O) groups excluding carboxylic acids is 4. The summed E-state index contributed by atoms with van der Waals surface area (Å²) in [5.41, 5.74) is 6.50. The van der Waals surface area contributed by atoms with E-state index in [0.717, 1.165) is 6.54 Å². The van der Waals surface area contributed by atoms with E-state index in [4.69, 9.17) is 19.9 Å². The number of esters is 1. The number of hydrogen-bond donors (Lipinski definition) is 2. The van der Waals surface area contributed by atoms with Gasteiger partial charge in [0.15, 0.2) is 5.13 Å². The van der Waals surface area contributed by atoms with Crippen LogP contribution < -0.4 is 11.1 Å². The maximum absolute atomic E-state index is 13.5. The molecule has 16 nitrogen and oxygen atoms in total. The molecule has 1 fully saturated rings. The van der Waals surface area contributed by atoms with E-state index >= 15 is 0 Å². The molecule has 4 rings (SSSR count). The highest BCUT2D eigenvalue weighted by Gasteiger charge is 2.54. The quantitative estimate of drug-likeness (QED) is 0.133. The van der Waals surface area contributed by atoms with Crippen LogP contribution in [0.25, 0.3) is 0 Å². The minimum Gasteiger partial charge on any atom is -0.434 e. The number of nitrogens with zero attached hydrogens (tertiary/aromatic N) is 7. The summed E-state index contributed by atoms with van der Waals surface area (Å²) in [4.78, 5) is 59.2. The topological polar surface area (TPSA) is 197 Å². The van der Waals surface area contributed by atoms with Crippen LogP contribution in [0.15, 0.2) is 21.8 Å². The summed E-state index contributed by atoms with van der Waals surface area (Å²) in [5, 5.41) is 16.7. The van der Waals surface area contributed by atoms with Gasteiger partial charge >= 0.3 is 12.1 Å². The average Bonchev–Trinajstić information content (AvgIpc) is 3.59. The Labute approximate surface area is 272 Å². The number of nitrogens with two attached hydrogens (primary N) is 1. The molecule has 4 heterocycles. The molecule has 0 aliphatic carbocycles. The largest absolute Gasteiger partial charge is 0.511 e. The van der Waals surface area contributed by atoms with Crippen LogP contribution >= 0.6 is 34.9 Å². The molecular weight excluding hydrogens is 647 g/mol. The summed E-state index contributed by atoms with van der Waals surface area (Å²) in [5.74, 6) is -1.07. The molecule has 2 aromatic rings. The Bertz CT molecular complexity index is 1440. The van der Waals surface area contributed by atoms with Crippen molar-refractivity contribution >= 4 is 63.9 Å². The molecule has 2 aromatic heterocycles. The van der Waals surface area contributed by atoms with E-state index in [-0.39, 0.29) is 29.9 Å². The molecule has 2 aliphatic rings. The summed E-state index contributed by atoms with van der Waals surface area (Å²) >= 11 is 3.94. The highest BCUT2D eigenvalue weighted by molar-refractivity contribution is 8.01. The number of thiazole rings is 1. The molecule has 0 aromatic carbocycles. The Hall–Kier alpha value is -3.42. The van der Waals surface area contributed by atoms with Gasteiger partial charge in [-0.2, -0.15) is 0 Å². The van der Waals surface area contributed by atoms with E-state index in [1.807, 2.05) is 39.8 Å². The average molecular weight is 684 g/mol. The molecule has 0 radical (unpaired) electrons. The third kappa shape index (κ3) is 9.30. The second-order valence-corrected chi connectivity index (χ2v) is 14.7. The summed E-state index contributed by atoms with van der Waals surface area (Å²) in [7, 11) is 3.89. The number of nitrogens with one attached hydrogen (secondary N) is 1. The van der Waals surface area contributed by atoms with Crippen LogP contribution in [0.1, 0.15) is 33.4 Å². The number of amides is 2. The lowest BCUT2D eigenvalue weighted by Crippen LogP contribution is -2.70. The lowest BCUT2D eigenvalue weighted by Gasteiger charge is -2.49. The normalized spacial score (nSPS) is 18.7. The number of hydrogen-bond acceptors (Lipinski definition) is 16. The molecule has 0 bridgehead atoms. The number of thioether (sulfide) groups is 2. The van der Waals surface area contributed by atoms with Crippen LogP contribution in [0.4, 0.5) is 9.93 Å². The van der Waals surface area contributed by atoms with Crippen molar-refractivity contribution in [1.29, 1.82) is 0 Å². The summed E-state index contributed by atoms with van der Waals surface area (Å²) in [6.07, 6.45) is -2.32. The zero-order valence-corrected chi connectivity index (χ0v) is 28.3. The highest BCUT2D eigenvalue weighted by atomic mass is 32.2. The van der Waals surface area contributed by atoms with Gasteiger partial charge in [0.2, 0.25) is 17.4 Å². The molecule has 0 saturated carbocycles. The number of ether oxygens (including phenoxy) is 3. The third-order valence-electron chi connectivity index (χ3n) is 6.26. The molecule has 1 saturated heterocycles. The smallest absolute Gasteiger partial charge is 0.434 e. The Kier molecular flexibility index (Phi) is 11.3. The molecule has 1 unspecified atom stereocenters. The van der Waals surface area contributed by atoms with E-state index in [1.54, 1.807) is 10.1 Å². The van der Waals surface area contributed by atoms with Gasteiger partial charge in [0.1, 0.15) is 17.1 Å². The minimum atomic E-state index is -1.30. The number of aromatic nitrogens is 5. The monoisotopic (exact) mass is 683 g/mol. The maximum atomic E-state index is 13.5. The second-order valence-electron chi connectivity index (χ2n) is 11.7. The van der Waals surface area contributed by atoms with Crippen LogP contribution in [0.3, 0.4) is 0 Å². The molecule has 246 valence electrons. The molecule has 0 spiro atoms. The Balaban J connectivity index is 1.48. The number of carbonyl (C=O) groups is 4. The van der Waals surface area contributed by atoms with Gasteiger partial charge in [0.25, 0.3) is 5.91 Å². The van der Waals surface area contributed by atoms with Gasteiger partial charge in [-0.1, -0.05) is 32.5 Å². The number of nitrogen functional groups attached to an aromatic ring is 1. The first-order chi connectivity index (χ1) is 21.2. The van der Waals surface area contributed by atoms with Crippen molar-refractivity contribution in [2.24, 2.45) is 5.41 Å². The van der Waals surface area contributed by atoms with E-state index in [9.17, 15) is 19.2 Å². The second kappa shape index (κ2) is 14.8. The summed E-state index contributed by atoms with van der Waals surface area (Å²) in [6, 6.07) is -0.852. The van der Waals surface area contributed by atoms with Gasteiger partial charge < -0.3 is 30.2 Å². The zero-order valence-electron chi connectivity index (χ0n) is 25.8. The van der Waals surface area contributed by atoms with Crippen molar-refractivity contribution < 1.29 is 33.4 Å². The fraction of sp³-hybridized carbons (Fsp3) is 0.615. The Morgan fingerprint density at radius 3 is 2.69 bits per heavy atom. The predicted molar refractivity (Wildman–Crippen MR) is 167 cm³/mol. The first-order valence-electron chi connectivity index (χ1n) is 14.0. The summed E-state index contributed by atoms with van der Waals surface area (Å²) < 4.78 is 17.3. The van der Waals surface area contributed by atoms with E-state index in [0.29, 0.717) is 33.9 Å². The van der Waals surface area contributed by atoms with Gasteiger partial charge in [-0.3, -0.25) is 14.5 Å². The lowest BCUT2D eigenvalue weighted by molar-refractivity contribution is -0.169. The van der Waals surface area contributed by atoms with Crippen molar-refractivity contribution in [1.82, 2.24) is 40.3 Å². The van der Waals surface area contributed by atoms with Crippen molar-refractivity contribution in [3.8, 4) is 0 Å². The van der Waals surface area contributed by atoms with Crippen LogP contribution in [-0.2, 0) is 41.6 Å². The fourth-order valence-corrected chi connectivity index (χ4v) is 7.09. The van der Waals surface area contributed by atoms with Gasteiger partial charge in [-0.05, 0) is 35.5 Å². The van der Waals surface area contributed by atoms with Crippen LogP contribution in [0.5, 0.6) is 0 Å². The van der Waals surface area contributed by atoms with E-state index < -0.39 is 41.6 Å². The number of β-lactam (4-membered cyclic amide) rings is 1. The van der Waals surface area contributed by atoms with Gasteiger partial charge in [0, 0.05) is 30.4 Å². The van der Waals surface area contributed by atoms with Crippen molar-refractivity contribution in [3.05, 3.63) is 22.3 Å². The number of likely N-dealkylation sites (N-methyl/N-ethyl adjacent to an activating group) is 1. The van der Waals surface area contributed by atoms with Gasteiger partial charge in [0.05, 0.1) is 25.3 Å². The standard InChI is InChI=1S/C26H37N9O7S3/c1-14(42-25(39)40-13-26(2,3)4)41-22(38)19-15(11-45-24-30-31-32-34(24)8-7-33(5)6)10-43-21-18(20(37)35(19)21)29-17(36)9-16-12-44-23(27)28-16/h12,14,18,21H,7-11,13H2,1-6H3,(H2,27,28)(H,29,36)/t14?,18-,21-/m1/s1. The number of anilines is 1. The third-order valence-corrected chi connectivity index (χ3v) is 9.37. The van der Waals surface area contributed by atoms with Crippen molar-refractivity contribution in [2.45, 2.75) is 63.5 Å². The SMILES string of the molecule is CC(OC(=O)OCC(C)(C)C)OC(=O)C1=C(CSc2nnnn2CCN(C)C)CS[C@@H]2[C@H](NC(=O)Cc3csc(N)n3)C(=O)N12. The van der Waals surface area contributed by atoms with Crippen LogP contribution in [0.2, 0.25) is 0 Å². The minimum absolute atomic E-state index is 0.0276. The Morgan fingerprint density at radius 1 is 1.27 bits per heavy atom. The zero-order chi connectivity index (χ0) is 32.9. The van der Waals surface area contributed by atoms with Gasteiger partial charge in [-0.25, -0.2) is 19.3 Å². The summed E-state index contributed by atoms with van der Waals surface area (Å²) in [6.45, 7) is 8.45. The molecule has 2 aliphatic heterocycles. The predicted octanol–water partition coefficient (Wildman–Crippen LogP) is 1.35. The fourth-order valence-electron chi connectivity index (χ4n) is 4.14. The maximum Gasteiger partial charge on any atom is 0.511 e. The first-order valence-corrected chi connectivity index (χ1v) is 16.9. The van der Waals surface area contributed by atoms with Gasteiger partial charge in [-0.15, -0.1) is 28.2 Å². The molecule has 3 atom stereocenters. The molecular formula is C26H37N9O7S3. The molecule has 2 amide bonds. The Morgan fingerprint density at radius 2 is 2.02 bits per heavy atom. The lowest BCUT2D eigenvalue weighted by atomic mass is 9.99. The highest BCUT2D eigenvalue weighted by Crippen LogP contribution is 2.42. The number of rotatable bonds is 13. The first kappa shape index (κ1) is 34.5. The number of fused-ring (bicyclic) bond motifs is 1. The molecule has 45 heavy (non-hydrogen) atoms. The van der Waals surface area contributed by atoms with Crippen LogP contribution in [-0.4, -0.2) is 115 Å². The van der Waals surface area contributed by atoms with E-state index in [1.165, 1.54) is 46.7 Å². The van der Waals surface area contributed by atoms with Crippen LogP contribution in [0, 0.1) is 5.41 Å². The van der Waals surface area contributed by atoms with Crippen molar-refractivity contribution in [2.75, 3.05) is 44.5 Å². The number of tetrazole rings is 1. The van der Waals surface area contributed by atoms with Crippen molar-refractivity contribution in [3.63, 3.8) is 0 Å². The van der Waals surface area contributed by atoms with E-state index in [2.05, 4.69) is 25.8 Å². The molecule has 3 N–H and O–H groups in total. The molecule has 19 heteroatoms.